The van der Waals surface area contributed by atoms with Crippen LogP contribution < -0.4 is 5.32 Å². The Morgan fingerprint density at radius 3 is 2.55 bits per heavy atom. The summed E-state index contributed by atoms with van der Waals surface area (Å²) in [6.45, 7) is 5.71. The van der Waals surface area contributed by atoms with Crippen molar-refractivity contribution >= 4 is 0 Å². The summed E-state index contributed by atoms with van der Waals surface area (Å²) in [5.74, 6) is 1.59. The van der Waals surface area contributed by atoms with Crippen LogP contribution in [0.4, 0.5) is 4.39 Å². The molecule has 112 valence electrons. The van der Waals surface area contributed by atoms with Crippen LogP contribution in [0.25, 0.3) is 0 Å². The summed E-state index contributed by atoms with van der Waals surface area (Å²) in [6, 6.07) is 7.56. The lowest BCUT2D eigenvalue weighted by Gasteiger charge is -2.19. The maximum atomic E-state index is 12.8. The molecule has 1 aliphatic carbocycles. The van der Waals surface area contributed by atoms with E-state index in [1.165, 1.54) is 37.7 Å². The Kier molecular flexibility index (Phi) is 6.03. The largest absolute Gasteiger partial charge is 0.314 e. The average molecular weight is 277 g/mol. The van der Waals surface area contributed by atoms with Crippen LogP contribution in [0.3, 0.4) is 0 Å². The Morgan fingerprint density at radius 2 is 1.85 bits per heavy atom. The van der Waals surface area contributed by atoms with Gasteiger partial charge in [0.15, 0.2) is 0 Å². The van der Waals surface area contributed by atoms with Gasteiger partial charge in [0.1, 0.15) is 5.82 Å². The van der Waals surface area contributed by atoms with E-state index in [9.17, 15) is 4.39 Å². The van der Waals surface area contributed by atoms with E-state index in [2.05, 4.69) is 19.2 Å². The molecule has 2 atom stereocenters. The quantitative estimate of drug-likeness (QED) is 0.778. The minimum atomic E-state index is -0.148. The van der Waals surface area contributed by atoms with Crippen molar-refractivity contribution in [1.29, 1.82) is 0 Å². The molecule has 20 heavy (non-hydrogen) atoms. The molecule has 2 unspecified atom stereocenters. The van der Waals surface area contributed by atoms with Gasteiger partial charge < -0.3 is 5.32 Å². The molecule has 0 spiro atoms. The lowest BCUT2D eigenvalue weighted by Crippen LogP contribution is -2.30. The maximum Gasteiger partial charge on any atom is 0.123 e. The summed E-state index contributed by atoms with van der Waals surface area (Å²) in [5.41, 5.74) is 1.22. The zero-order valence-corrected chi connectivity index (χ0v) is 12.9. The predicted molar refractivity (Wildman–Crippen MR) is 83.3 cm³/mol. The number of hydrogen-bond acceptors (Lipinski definition) is 1. The maximum absolute atomic E-state index is 12.8. The topological polar surface area (TPSA) is 12.0 Å². The van der Waals surface area contributed by atoms with Crippen molar-refractivity contribution < 1.29 is 4.39 Å². The van der Waals surface area contributed by atoms with Crippen LogP contribution in [-0.4, -0.2) is 12.6 Å². The van der Waals surface area contributed by atoms with Crippen LogP contribution in [0.1, 0.15) is 51.5 Å². The summed E-state index contributed by atoms with van der Waals surface area (Å²) in [7, 11) is 0. The van der Waals surface area contributed by atoms with E-state index in [-0.39, 0.29) is 5.82 Å². The first-order chi connectivity index (χ1) is 9.65. The van der Waals surface area contributed by atoms with E-state index < -0.39 is 0 Å². The third-order valence-electron chi connectivity index (χ3n) is 4.72. The molecule has 1 aliphatic rings. The molecule has 1 N–H and O–H groups in total. The molecule has 0 bridgehead atoms. The number of benzene rings is 1. The van der Waals surface area contributed by atoms with Crippen LogP contribution in [-0.2, 0) is 6.42 Å². The van der Waals surface area contributed by atoms with Gasteiger partial charge in [0.2, 0.25) is 0 Å². The SMILES string of the molecule is CC(C)C1CCCC(NCCc2ccc(F)cc2)CC1. The smallest absolute Gasteiger partial charge is 0.123 e. The van der Waals surface area contributed by atoms with Crippen molar-refractivity contribution in [2.75, 3.05) is 6.54 Å². The monoisotopic (exact) mass is 277 g/mol. The molecule has 1 aromatic rings. The third kappa shape index (κ3) is 4.90. The Hall–Kier alpha value is -0.890. The van der Waals surface area contributed by atoms with Crippen LogP contribution in [0, 0.1) is 17.7 Å². The van der Waals surface area contributed by atoms with Crippen molar-refractivity contribution in [3.63, 3.8) is 0 Å². The predicted octanol–water partition coefficient (Wildman–Crippen LogP) is 4.56. The van der Waals surface area contributed by atoms with Gasteiger partial charge in [-0.1, -0.05) is 38.8 Å². The van der Waals surface area contributed by atoms with Crippen molar-refractivity contribution in [1.82, 2.24) is 5.32 Å². The van der Waals surface area contributed by atoms with Gasteiger partial charge in [-0.2, -0.15) is 0 Å². The van der Waals surface area contributed by atoms with Gasteiger partial charge in [-0.3, -0.25) is 0 Å². The minimum absolute atomic E-state index is 0.148. The number of halogens is 1. The standard InChI is InChI=1S/C18H28FN/c1-14(2)16-4-3-5-18(11-8-16)20-13-12-15-6-9-17(19)10-7-15/h6-7,9-10,14,16,18,20H,3-5,8,11-13H2,1-2H3. The number of rotatable bonds is 5. The van der Waals surface area contributed by atoms with E-state index in [0.29, 0.717) is 6.04 Å². The van der Waals surface area contributed by atoms with Crippen LogP contribution in [0.15, 0.2) is 24.3 Å². The Bertz CT molecular complexity index is 385. The summed E-state index contributed by atoms with van der Waals surface area (Å²) in [4.78, 5) is 0. The first kappa shape index (κ1) is 15.5. The molecule has 1 fully saturated rings. The summed E-state index contributed by atoms with van der Waals surface area (Å²) in [5, 5.41) is 3.69. The lowest BCUT2D eigenvalue weighted by molar-refractivity contribution is 0.338. The zero-order valence-electron chi connectivity index (χ0n) is 12.9. The van der Waals surface area contributed by atoms with Crippen molar-refractivity contribution in [2.45, 2.75) is 58.4 Å². The Morgan fingerprint density at radius 1 is 1.10 bits per heavy atom. The molecule has 1 nitrogen and oxygen atoms in total. The highest BCUT2D eigenvalue weighted by atomic mass is 19.1. The van der Waals surface area contributed by atoms with Gasteiger partial charge >= 0.3 is 0 Å². The fourth-order valence-corrected chi connectivity index (χ4v) is 3.27. The molecular weight excluding hydrogens is 249 g/mol. The molecule has 2 rings (SSSR count). The Labute approximate surface area is 123 Å². The van der Waals surface area contributed by atoms with Crippen LogP contribution >= 0.6 is 0 Å². The summed E-state index contributed by atoms with van der Waals surface area (Å²) >= 11 is 0. The van der Waals surface area contributed by atoms with Crippen LogP contribution in [0.5, 0.6) is 0 Å². The Balaban J connectivity index is 1.70. The van der Waals surface area contributed by atoms with E-state index in [1.54, 1.807) is 12.1 Å². The fraction of sp³-hybridized carbons (Fsp3) is 0.667. The van der Waals surface area contributed by atoms with Gasteiger partial charge in [-0.15, -0.1) is 0 Å². The molecule has 0 aliphatic heterocycles. The fourth-order valence-electron chi connectivity index (χ4n) is 3.27. The highest BCUT2D eigenvalue weighted by Gasteiger charge is 2.20. The van der Waals surface area contributed by atoms with Gasteiger partial charge in [0.05, 0.1) is 0 Å². The van der Waals surface area contributed by atoms with E-state index in [4.69, 9.17) is 0 Å². The highest BCUT2D eigenvalue weighted by molar-refractivity contribution is 5.16. The zero-order chi connectivity index (χ0) is 14.4. The van der Waals surface area contributed by atoms with Gasteiger partial charge in [0.25, 0.3) is 0 Å². The second-order valence-electron chi connectivity index (χ2n) is 6.54. The van der Waals surface area contributed by atoms with E-state index in [0.717, 1.165) is 24.8 Å². The van der Waals surface area contributed by atoms with Crippen molar-refractivity contribution in [3.05, 3.63) is 35.6 Å². The van der Waals surface area contributed by atoms with E-state index in [1.807, 2.05) is 12.1 Å². The normalized spacial score (nSPS) is 23.8. The molecule has 2 heteroatoms. The molecule has 0 aromatic heterocycles. The summed E-state index contributed by atoms with van der Waals surface area (Å²) < 4.78 is 12.8. The average Bonchev–Trinajstić information content (AvgIpc) is 2.67. The third-order valence-corrected chi connectivity index (χ3v) is 4.72. The molecule has 1 aromatic carbocycles. The molecule has 1 saturated carbocycles. The van der Waals surface area contributed by atoms with Gasteiger partial charge in [0, 0.05) is 6.04 Å². The minimum Gasteiger partial charge on any atom is -0.314 e. The second-order valence-corrected chi connectivity index (χ2v) is 6.54. The molecule has 0 amide bonds. The highest BCUT2D eigenvalue weighted by Crippen LogP contribution is 2.28. The molecule has 0 saturated heterocycles. The molecule has 0 heterocycles. The molecule has 0 radical (unpaired) electrons. The van der Waals surface area contributed by atoms with Crippen molar-refractivity contribution in [3.8, 4) is 0 Å². The van der Waals surface area contributed by atoms with Gasteiger partial charge in [-0.05, 0) is 61.8 Å². The lowest BCUT2D eigenvalue weighted by atomic mass is 9.89. The first-order valence-corrected chi connectivity index (χ1v) is 8.13. The van der Waals surface area contributed by atoms with Crippen LogP contribution in [0.2, 0.25) is 0 Å². The molecular formula is C18H28FN. The second kappa shape index (κ2) is 7.78. The number of hydrogen-bond donors (Lipinski definition) is 1. The van der Waals surface area contributed by atoms with Gasteiger partial charge in [-0.25, -0.2) is 4.39 Å². The van der Waals surface area contributed by atoms with E-state index >= 15 is 0 Å². The number of nitrogens with one attached hydrogen (secondary N) is 1. The summed E-state index contributed by atoms with van der Waals surface area (Å²) in [6.07, 6.45) is 7.74. The van der Waals surface area contributed by atoms with Crippen molar-refractivity contribution in [2.24, 2.45) is 11.8 Å². The first-order valence-electron chi connectivity index (χ1n) is 8.13.